The lowest BCUT2D eigenvalue weighted by atomic mass is 10.2. The number of nitrogens with zero attached hydrogens (tertiary/aromatic N) is 1. The summed E-state index contributed by atoms with van der Waals surface area (Å²) in [6, 6.07) is 2.55. The minimum Gasteiger partial charge on any atom is -0.268 e. The lowest BCUT2D eigenvalue weighted by Gasteiger charge is -2.07. The van der Waals surface area contributed by atoms with E-state index in [2.05, 4.69) is 4.37 Å². The van der Waals surface area contributed by atoms with Gasteiger partial charge in [-0.1, -0.05) is 6.07 Å². The first kappa shape index (κ1) is 15.5. The van der Waals surface area contributed by atoms with Crippen molar-refractivity contribution in [2.75, 3.05) is 0 Å². The molecule has 0 aliphatic heterocycles. The van der Waals surface area contributed by atoms with Crippen LogP contribution in [0.3, 0.4) is 0 Å². The zero-order valence-electron chi connectivity index (χ0n) is 10.8. The van der Waals surface area contributed by atoms with E-state index in [1.54, 1.807) is 6.92 Å². The van der Waals surface area contributed by atoms with Gasteiger partial charge in [-0.2, -0.15) is 4.37 Å². The molecule has 0 aliphatic carbocycles. The van der Waals surface area contributed by atoms with E-state index in [0.717, 1.165) is 23.7 Å². The maximum absolute atomic E-state index is 13.4. The summed E-state index contributed by atoms with van der Waals surface area (Å²) in [7, 11) is -4.10. The van der Waals surface area contributed by atoms with Crippen LogP contribution in [0.2, 0.25) is 0 Å². The smallest absolute Gasteiger partial charge is 0.267 e. The van der Waals surface area contributed by atoms with E-state index in [0.29, 0.717) is 11.8 Å². The van der Waals surface area contributed by atoms with E-state index in [4.69, 9.17) is 0 Å². The maximum atomic E-state index is 13.4. The van der Waals surface area contributed by atoms with E-state index in [9.17, 15) is 22.0 Å². The quantitative estimate of drug-likeness (QED) is 0.929. The molecular formula is C12H10F2N2O3S2. The van der Waals surface area contributed by atoms with E-state index >= 15 is 0 Å². The Bertz CT molecular complexity index is 788. The molecule has 0 bridgehead atoms. The first-order valence-electron chi connectivity index (χ1n) is 5.68. The molecule has 2 rings (SSSR count). The second-order valence-electron chi connectivity index (χ2n) is 4.24. The number of halogens is 2. The topological polar surface area (TPSA) is 76.1 Å². The number of aryl methyl sites for hydroxylation is 1. The van der Waals surface area contributed by atoms with Crippen molar-refractivity contribution in [2.45, 2.75) is 12.7 Å². The van der Waals surface area contributed by atoms with Gasteiger partial charge in [0.15, 0.2) is 0 Å². The largest absolute Gasteiger partial charge is 0.268 e. The Morgan fingerprint density at radius 3 is 2.67 bits per heavy atom. The summed E-state index contributed by atoms with van der Waals surface area (Å²) in [5, 5.41) is 1.42. The van der Waals surface area contributed by atoms with E-state index < -0.39 is 33.3 Å². The van der Waals surface area contributed by atoms with Crippen molar-refractivity contribution >= 4 is 27.5 Å². The van der Waals surface area contributed by atoms with Gasteiger partial charge in [0.1, 0.15) is 11.6 Å². The molecule has 0 spiro atoms. The molecule has 0 saturated carbocycles. The van der Waals surface area contributed by atoms with Crippen molar-refractivity contribution in [1.29, 1.82) is 0 Å². The number of hydrogen-bond acceptors (Lipinski definition) is 5. The molecule has 0 aliphatic rings. The lowest BCUT2D eigenvalue weighted by molar-refractivity contribution is 0.0981. The highest BCUT2D eigenvalue weighted by molar-refractivity contribution is 7.89. The number of amides is 1. The van der Waals surface area contributed by atoms with Crippen LogP contribution in [0.4, 0.5) is 8.78 Å². The van der Waals surface area contributed by atoms with Gasteiger partial charge in [0.25, 0.3) is 5.91 Å². The van der Waals surface area contributed by atoms with Crippen LogP contribution in [0.1, 0.15) is 21.6 Å². The minimum absolute atomic E-state index is 0.142. The fraction of sp³-hybridized carbons (Fsp3) is 0.167. The molecule has 0 radical (unpaired) electrons. The number of sulfonamides is 1. The predicted octanol–water partition coefficient (Wildman–Crippen LogP) is 1.99. The molecule has 0 atom stereocenters. The van der Waals surface area contributed by atoms with Gasteiger partial charge >= 0.3 is 0 Å². The number of hydrogen-bond donors (Lipinski definition) is 1. The first-order chi connectivity index (χ1) is 9.78. The molecule has 5 nitrogen and oxygen atoms in total. The van der Waals surface area contributed by atoms with Gasteiger partial charge in [-0.05, 0) is 24.5 Å². The van der Waals surface area contributed by atoms with Crippen LogP contribution in [0.15, 0.2) is 23.6 Å². The Balaban J connectivity index is 2.16. The number of benzene rings is 1. The van der Waals surface area contributed by atoms with Gasteiger partial charge in [0.2, 0.25) is 10.0 Å². The van der Waals surface area contributed by atoms with Crippen molar-refractivity contribution in [3.8, 4) is 0 Å². The number of carbonyl (C=O) groups is 1. The van der Waals surface area contributed by atoms with Crippen LogP contribution >= 0.6 is 11.5 Å². The zero-order chi connectivity index (χ0) is 15.6. The molecule has 1 aromatic heterocycles. The summed E-state index contributed by atoms with van der Waals surface area (Å²) in [5.41, 5.74) is 0.320. The van der Waals surface area contributed by atoms with E-state index in [-0.39, 0.29) is 11.1 Å². The Labute approximate surface area is 123 Å². The van der Waals surface area contributed by atoms with Gasteiger partial charge in [-0.3, -0.25) is 4.79 Å². The summed E-state index contributed by atoms with van der Waals surface area (Å²) in [6.45, 7) is 1.57. The third-order valence-electron chi connectivity index (χ3n) is 2.60. The Morgan fingerprint density at radius 1 is 1.38 bits per heavy atom. The third kappa shape index (κ3) is 3.82. The van der Waals surface area contributed by atoms with Crippen molar-refractivity contribution in [3.63, 3.8) is 0 Å². The van der Waals surface area contributed by atoms with Gasteiger partial charge < -0.3 is 0 Å². The Kier molecular flexibility index (Phi) is 4.33. The lowest BCUT2D eigenvalue weighted by Crippen LogP contribution is -2.32. The van der Waals surface area contributed by atoms with Gasteiger partial charge in [-0.15, -0.1) is 0 Å². The SMILES string of the molecule is Cc1nscc1C(=O)NS(=O)(=O)Cc1ccc(F)cc1F. The molecule has 9 heteroatoms. The molecule has 0 unspecified atom stereocenters. The molecule has 21 heavy (non-hydrogen) atoms. The number of carbonyl (C=O) groups excluding carboxylic acids is 1. The molecular weight excluding hydrogens is 322 g/mol. The van der Waals surface area contributed by atoms with Crippen molar-refractivity contribution in [2.24, 2.45) is 0 Å². The molecule has 1 N–H and O–H groups in total. The van der Waals surface area contributed by atoms with Gasteiger partial charge in [-0.25, -0.2) is 21.9 Å². The summed E-state index contributed by atoms with van der Waals surface area (Å²) in [5.74, 6) is -3.38. The molecule has 1 amide bonds. The Hall–Kier alpha value is -1.87. The van der Waals surface area contributed by atoms with Crippen molar-refractivity contribution in [3.05, 3.63) is 52.0 Å². The van der Waals surface area contributed by atoms with Crippen molar-refractivity contribution < 1.29 is 22.0 Å². The summed E-state index contributed by atoms with van der Waals surface area (Å²) in [4.78, 5) is 11.8. The van der Waals surface area contributed by atoms with Crippen LogP contribution in [-0.4, -0.2) is 18.7 Å². The number of nitrogens with one attached hydrogen (secondary N) is 1. The number of rotatable bonds is 4. The highest BCUT2D eigenvalue weighted by Crippen LogP contribution is 2.14. The fourth-order valence-electron chi connectivity index (χ4n) is 1.59. The van der Waals surface area contributed by atoms with Crippen LogP contribution < -0.4 is 4.72 Å². The third-order valence-corrected chi connectivity index (χ3v) is 4.51. The molecule has 2 aromatic rings. The summed E-state index contributed by atoms with van der Waals surface area (Å²) < 4.78 is 55.6. The average molecular weight is 332 g/mol. The molecule has 112 valence electrons. The fourth-order valence-corrected chi connectivity index (χ4v) is 3.39. The van der Waals surface area contributed by atoms with Gasteiger partial charge in [0, 0.05) is 17.0 Å². The highest BCUT2D eigenvalue weighted by atomic mass is 32.2. The Morgan fingerprint density at radius 2 is 2.10 bits per heavy atom. The van der Waals surface area contributed by atoms with Crippen LogP contribution in [0.25, 0.3) is 0 Å². The first-order valence-corrected chi connectivity index (χ1v) is 8.17. The minimum atomic E-state index is -4.10. The molecule has 1 aromatic carbocycles. The van der Waals surface area contributed by atoms with Crippen LogP contribution in [0.5, 0.6) is 0 Å². The summed E-state index contributed by atoms with van der Waals surface area (Å²) >= 11 is 1.02. The van der Waals surface area contributed by atoms with Crippen LogP contribution in [0, 0.1) is 18.6 Å². The second kappa shape index (κ2) is 5.86. The normalized spacial score (nSPS) is 11.4. The van der Waals surface area contributed by atoms with E-state index in [1.807, 2.05) is 4.72 Å². The van der Waals surface area contributed by atoms with Gasteiger partial charge in [0.05, 0.1) is 17.0 Å². The zero-order valence-corrected chi connectivity index (χ0v) is 12.4. The maximum Gasteiger partial charge on any atom is 0.267 e. The predicted molar refractivity (Wildman–Crippen MR) is 73.3 cm³/mol. The monoisotopic (exact) mass is 332 g/mol. The molecule has 1 heterocycles. The molecule has 0 fully saturated rings. The van der Waals surface area contributed by atoms with Crippen molar-refractivity contribution in [1.82, 2.24) is 9.10 Å². The highest BCUT2D eigenvalue weighted by Gasteiger charge is 2.20. The van der Waals surface area contributed by atoms with E-state index in [1.165, 1.54) is 5.38 Å². The summed E-state index contributed by atoms with van der Waals surface area (Å²) in [6.07, 6.45) is 0. The molecule has 0 saturated heterocycles. The number of aromatic nitrogens is 1. The second-order valence-corrected chi connectivity index (χ2v) is 6.59. The standard InChI is InChI=1S/C12H10F2N2O3S2/c1-7-10(5-20-15-7)12(17)16-21(18,19)6-8-2-3-9(13)4-11(8)14/h2-5H,6H2,1H3,(H,16,17). The average Bonchev–Trinajstić information content (AvgIpc) is 2.78. The van der Waals surface area contributed by atoms with Crippen LogP contribution in [-0.2, 0) is 15.8 Å².